The monoisotopic (exact) mass is 454 g/mol. The quantitative estimate of drug-likeness (QED) is 0.480. The molecule has 0 saturated carbocycles. The average molecular weight is 457 g/mol. The van der Waals surface area contributed by atoms with Gasteiger partial charge in [-0.1, -0.05) is 0 Å². The van der Waals surface area contributed by atoms with E-state index in [-0.39, 0.29) is 5.76 Å². The van der Waals surface area contributed by atoms with Crippen molar-refractivity contribution in [2.75, 3.05) is 14.2 Å². The van der Waals surface area contributed by atoms with Crippen LogP contribution in [0.4, 0.5) is 0 Å². The molecule has 4 nitrogen and oxygen atoms in total. The molecule has 2 rings (SSSR count). The topological polar surface area (TPSA) is 48.7 Å². The smallest absolute Gasteiger partial charge is 0.374 e. The number of rotatable bonds is 2. The van der Waals surface area contributed by atoms with Gasteiger partial charge in [0.25, 0.3) is 0 Å². The first-order valence-corrected chi connectivity index (χ1v) is 7.53. The molecule has 0 fully saturated rings. The van der Waals surface area contributed by atoms with Crippen LogP contribution in [0.3, 0.4) is 0 Å². The first kappa shape index (κ1) is 14.9. The number of halogens is 3. The van der Waals surface area contributed by atoms with E-state index in [9.17, 15) is 4.79 Å². The van der Waals surface area contributed by atoms with Gasteiger partial charge in [0.1, 0.15) is 5.75 Å². The van der Waals surface area contributed by atoms with Crippen molar-refractivity contribution in [3.63, 3.8) is 0 Å². The van der Waals surface area contributed by atoms with E-state index in [4.69, 9.17) is 13.9 Å². The highest BCUT2D eigenvalue weighted by Gasteiger charge is 2.25. The van der Waals surface area contributed by atoms with Crippen molar-refractivity contribution in [2.24, 2.45) is 0 Å². The third-order valence-corrected chi connectivity index (χ3v) is 5.53. The minimum atomic E-state index is -0.511. The number of carbonyl (C=O) groups excluding carboxylic acids is 1. The molecule has 0 spiro atoms. The van der Waals surface area contributed by atoms with Crippen molar-refractivity contribution in [3.05, 3.63) is 24.7 Å². The Balaban J connectivity index is 2.92. The third kappa shape index (κ3) is 2.21. The molecule has 1 aromatic carbocycles. The Morgan fingerprint density at radius 2 is 1.74 bits per heavy atom. The lowest BCUT2D eigenvalue weighted by Gasteiger charge is -2.09. The molecule has 0 aliphatic carbocycles. The van der Waals surface area contributed by atoms with Gasteiger partial charge in [-0.15, -0.1) is 0 Å². The van der Waals surface area contributed by atoms with E-state index in [1.165, 1.54) is 7.11 Å². The second-order valence-electron chi connectivity index (χ2n) is 3.73. The standard InChI is InChI=1S/C12H9Br3O4/c1-4-5-6(13)11(17-2)8(15)7(14)10(5)19-9(4)12(16)18-3/h1-3H3. The third-order valence-electron chi connectivity index (χ3n) is 2.73. The van der Waals surface area contributed by atoms with Crippen LogP contribution >= 0.6 is 47.8 Å². The Hall–Kier alpha value is -0.530. The summed E-state index contributed by atoms with van der Waals surface area (Å²) < 4.78 is 17.8. The molecule has 0 N–H and O–H groups in total. The Kier molecular flexibility index (Phi) is 4.27. The number of aryl methyl sites for hydroxylation is 1. The second kappa shape index (κ2) is 5.46. The van der Waals surface area contributed by atoms with Gasteiger partial charge in [-0.2, -0.15) is 0 Å². The van der Waals surface area contributed by atoms with Crippen molar-refractivity contribution in [3.8, 4) is 5.75 Å². The lowest BCUT2D eigenvalue weighted by Crippen LogP contribution is -2.00. The Morgan fingerprint density at radius 3 is 2.26 bits per heavy atom. The summed E-state index contributed by atoms with van der Waals surface area (Å²) in [5.41, 5.74) is 1.25. The number of carbonyl (C=O) groups is 1. The van der Waals surface area contributed by atoms with Crippen LogP contribution in [0, 0.1) is 6.92 Å². The predicted octanol–water partition coefficient (Wildman–Crippen LogP) is 4.82. The summed E-state index contributed by atoms with van der Waals surface area (Å²) >= 11 is 10.3. The average Bonchev–Trinajstić information content (AvgIpc) is 2.74. The van der Waals surface area contributed by atoms with Gasteiger partial charge in [0.15, 0.2) is 5.58 Å². The van der Waals surface area contributed by atoms with Crippen molar-refractivity contribution in [1.82, 2.24) is 0 Å². The molecule has 0 amide bonds. The van der Waals surface area contributed by atoms with E-state index < -0.39 is 5.97 Å². The van der Waals surface area contributed by atoms with Gasteiger partial charge in [-0.05, 0) is 54.7 Å². The molecule has 7 heteroatoms. The van der Waals surface area contributed by atoms with Gasteiger partial charge in [-0.25, -0.2) is 4.79 Å². The Morgan fingerprint density at radius 1 is 1.11 bits per heavy atom. The van der Waals surface area contributed by atoms with Crippen molar-refractivity contribution in [2.45, 2.75) is 6.92 Å². The van der Waals surface area contributed by atoms with Crippen molar-refractivity contribution in [1.29, 1.82) is 0 Å². The summed E-state index contributed by atoms with van der Waals surface area (Å²) in [6.07, 6.45) is 0. The zero-order valence-corrected chi connectivity index (χ0v) is 15.0. The summed E-state index contributed by atoms with van der Waals surface area (Å²) in [4.78, 5) is 11.7. The van der Waals surface area contributed by atoms with E-state index in [2.05, 4.69) is 47.8 Å². The number of methoxy groups -OCH3 is 2. The highest BCUT2D eigenvalue weighted by Crippen LogP contribution is 2.47. The first-order chi connectivity index (χ1) is 8.93. The molecule has 0 bridgehead atoms. The lowest BCUT2D eigenvalue weighted by molar-refractivity contribution is 0.0566. The molecule has 1 heterocycles. The fourth-order valence-corrected chi connectivity index (χ4v) is 3.91. The van der Waals surface area contributed by atoms with Crippen LogP contribution in [0.25, 0.3) is 11.0 Å². The largest absolute Gasteiger partial charge is 0.494 e. The maximum Gasteiger partial charge on any atom is 0.374 e. The summed E-state index contributed by atoms with van der Waals surface area (Å²) in [7, 11) is 2.88. The van der Waals surface area contributed by atoms with Gasteiger partial charge < -0.3 is 13.9 Å². The molecule has 0 saturated heterocycles. The zero-order chi connectivity index (χ0) is 14.3. The van der Waals surface area contributed by atoms with E-state index in [0.29, 0.717) is 25.8 Å². The van der Waals surface area contributed by atoms with Gasteiger partial charge in [0.05, 0.1) is 27.6 Å². The maximum absolute atomic E-state index is 11.7. The Bertz CT molecular complexity index is 676. The molecular formula is C12H9Br3O4. The maximum atomic E-state index is 11.7. The summed E-state index contributed by atoms with van der Waals surface area (Å²) in [6.45, 7) is 1.79. The Labute approximate surface area is 134 Å². The van der Waals surface area contributed by atoms with Gasteiger partial charge in [-0.3, -0.25) is 0 Å². The fourth-order valence-electron chi connectivity index (χ4n) is 1.81. The molecule has 0 unspecified atom stereocenters. The fraction of sp³-hybridized carbons (Fsp3) is 0.250. The molecular weight excluding hydrogens is 448 g/mol. The second-order valence-corrected chi connectivity index (χ2v) is 6.11. The van der Waals surface area contributed by atoms with Crippen LogP contribution in [0.2, 0.25) is 0 Å². The highest BCUT2D eigenvalue weighted by atomic mass is 79.9. The molecule has 19 heavy (non-hydrogen) atoms. The van der Waals surface area contributed by atoms with Gasteiger partial charge >= 0.3 is 5.97 Å². The van der Waals surface area contributed by atoms with Crippen LogP contribution in [0.15, 0.2) is 17.8 Å². The normalized spacial score (nSPS) is 10.8. The minimum Gasteiger partial charge on any atom is -0.494 e. The molecule has 102 valence electrons. The summed E-state index contributed by atoms with van der Waals surface area (Å²) in [5, 5.41) is 0.771. The zero-order valence-electron chi connectivity index (χ0n) is 10.3. The van der Waals surface area contributed by atoms with E-state index in [1.54, 1.807) is 14.0 Å². The molecule has 0 atom stereocenters. The van der Waals surface area contributed by atoms with Crippen LogP contribution in [-0.4, -0.2) is 20.2 Å². The molecule has 0 aliphatic rings. The van der Waals surface area contributed by atoms with E-state index >= 15 is 0 Å². The van der Waals surface area contributed by atoms with Crippen LogP contribution in [0.1, 0.15) is 16.1 Å². The number of esters is 1. The van der Waals surface area contributed by atoms with Gasteiger partial charge in [0.2, 0.25) is 5.76 Å². The van der Waals surface area contributed by atoms with Crippen LogP contribution < -0.4 is 4.74 Å². The van der Waals surface area contributed by atoms with Crippen molar-refractivity contribution < 1.29 is 18.7 Å². The lowest BCUT2D eigenvalue weighted by atomic mass is 10.1. The van der Waals surface area contributed by atoms with Crippen molar-refractivity contribution >= 4 is 64.7 Å². The summed E-state index contributed by atoms with van der Waals surface area (Å²) in [6, 6.07) is 0. The number of hydrogen-bond donors (Lipinski definition) is 0. The number of furan rings is 1. The van der Waals surface area contributed by atoms with E-state index in [1.807, 2.05) is 0 Å². The summed E-state index contributed by atoms with van der Waals surface area (Å²) in [5.74, 6) is 0.293. The highest BCUT2D eigenvalue weighted by molar-refractivity contribution is 9.13. The minimum absolute atomic E-state index is 0.180. The first-order valence-electron chi connectivity index (χ1n) is 5.15. The number of hydrogen-bond acceptors (Lipinski definition) is 4. The molecule has 0 aliphatic heterocycles. The van der Waals surface area contributed by atoms with E-state index in [0.717, 1.165) is 9.86 Å². The number of ether oxygens (including phenoxy) is 2. The number of fused-ring (bicyclic) bond motifs is 1. The van der Waals surface area contributed by atoms with Gasteiger partial charge in [0, 0.05) is 10.9 Å². The molecule has 0 radical (unpaired) electrons. The van der Waals surface area contributed by atoms with Crippen LogP contribution in [-0.2, 0) is 4.74 Å². The molecule has 2 aromatic rings. The number of benzene rings is 1. The molecule has 1 aromatic heterocycles. The van der Waals surface area contributed by atoms with Crippen LogP contribution in [0.5, 0.6) is 5.75 Å². The predicted molar refractivity (Wildman–Crippen MR) is 81.9 cm³/mol. The SMILES string of the molecule is COC(=O)c1oc2c(Br)c(Br)c(OC)c(Br)c2c1C.